The predicted octanol–water partition coefficient (Wildman–Crippen LogP) is 3.56. The molecule has 0 saturated heterocycles. The lowest BCUT2D eigenvalue weighted by molar-refractivity contribution is -0.121. The Labute approximate surface area is 130 Å². The summed E-state index contributed by atoms with van der Waals surface area (Å²) in [6.07, 6.45) is 3.52. The van der Waals surface area contributed by atoms with Crippen LogP contribution < -0.4 is 10.1 Å². The molecule has 112 valence electrons. The molecule has 0 bridgehead atoms. The van der Waals surface area contributed by atoms with Crippen LogP contribution in [0.3, 0.4) is 0 Å². The summed E-state index contributed by atoms with van der Waals surface area (Å²) in [6, 6.07) is 7.87. The van der Waals surface area contributed by atoms with Crippen molar-refractivity contribution in [3.63, 3.8) is 0 Å². The van der Waals surface area contributed by atoms with Crippen molar-refractivity contribution in [3.05, 3.63) is 29.8 Å². The fourth-order valence-corrected chi connectivity index (χ4v) is 2.65. The van der Waals surface area contributed by atoms with Gasteiger partial charge in [-0.25, -0.2) is 0 Å². The first kappa shape index (κ1) is 17.0. The Bertz CT molecular complexity index is 392. The number of halogens is 1. The standard InChI is InChI=1S/C16H24BrNO2/c1-3-13(10-11-17)12-18-16(19)9-6-14-4-7-15(20-2)8-5-14/h4-5,7-8,13H,3,6,9-12H2,1-2H3,(H,18,19). The SMILES string of the molecule is CCC(CCBr)CNC(=O)CCc1ccc(OC)cc1. The monoisotopic (exact) mass is 341 g/mol. The van der Waals surface area contributed by atoms with Crippen molar-refractivity contribution < 1.29 is 9.53 Å². The molecule has 20 heavy (non-hydrogen) atoms. The first-order valence-corrected chi connectivity index (χ1v) is 8.27. The molecule has 0 aliphatic heterocycles. The van der Waals surface area contributed by atoms with Crippen LogP contribution >= 0.6 is 15.9 Å². The average Bonchev–Trinajstić information content (AvgIpc) is 2.49. The number of methoxy groups -OCH3 is 1. The first-order chi connectivity index (χ1) is 9.69. The van der Waals surface area contributed by atoms with Crippen LogP contribution in [0.5, 0.6) is 5.75 Å². The molecule has 1 aromatic carbocycles. The summed E-state index contributed by atoms with van der Waals surface area (Å²) < 4.78 is 5.11. The fourth-order valence-electron chi connectivity index (χ4n) is 2.00. The molecule has 4 heteroatoms. The Morgan fingerprint density at radius 2 is 2.05 bits per heavy atom. The molecule has 1 rings (SSSR count). The molecule has 1 N–H and O–H groups in total. The van der Waals surface area contributed by atoms with E-state index in [4.69, 9.17) is 4.74 Å². The minimum atomic E-state index is 0.133. The molecule has 0 aliphatic rings. The Kier molecular flexibility index (Phi) is 8.35. The van der Waals surface area contributed by atoms with E-state index in [2.05, 4.69) is 28.2 Å². The number of benzene rings is 1. The zero-order valence-electron chi connectivity index (χ0n) is 12.3. The van der Waals surface area contributed by atoms with E-state index < -0.39 is 0 Å². The van der Waals surface area contributed by atoms with Gasteiger partial charge in [-0.3, -0.25) is 4.79 Å². The van der Waals surface area contributed by atoms with Crippen molar-refractivity contribution in [2.45, 2.75) is 32.6 Å². The normalized spacial score (nSPS) is 11.9. The molecule has 1 unspecified atom stereocenters. The Morgan fingerprint density at radius 3 is 2.60 bits per heavy atom. The number of hydrogen-bond donors (Lipinski definition) is 1. The molecule has 0 aliphatic carbocycles. The predicted molar refractivity (Wildman–Crippen MR) is 86.5 cm³/mol. The number of rotatable bonds is 9. The van der Waals surface area contributed by atoms with E-state index in [-0.39, 0.29) is 5.91 Å². The zero-order chi connectivity index (χ0) is 14.8. The van der Waals surface area contributed by atoms with Crippen molar-refractivity contribution in [2.75, 3.05) is 19.0 Å². The molecular weight excluding hydrogens is 318 g/mol. The van der Waals surface area contributed by atoms with Crippen LogP contribution in [0.2, 0.25) is 0 Å². The van der Waals surface area contributed by atoms with E-state index >= 15 is 0 Å². The summed E-state index contributed by atoms with van der Waals surface area (Å²) in [5, 5.41) is 4.02. The van der Waals surface area contributed by atoms with Gasteiger partial charge in [0.15, 0.2) is 0 Å². The van der Waals surface area contributed by atoms with Crippen LogP contribution in [0.4, 0.5) is 0 Å². The van der Waals surface area contributed by atoms with Crippen LogP contribution in [0.25, 0.3) is 0 Å². The van der Waals surface area contributed by atoms with Gasteiger partial charge in [-0.1, -0.05) is 41.4 Å². The van der Waals surface area contributed by atoms with E-state index in [1.54, 1.807) is 7.11 Å². The Hall–Kier alpha value is -1.03. The number of aryl methyl sites for hydroxylation is 1. The van der Waals surface area contributed by atoms with E-state index in [0.29, 0.717) is 12.3 Å². The van der Waals surface area contributed by atoms with Crippen LogP contribution in [-0.4, -0.2) is 24.9 Å². The van der Waals surface area contributed by atoms with Crippen molar-refractivity contribution in [3.8, 4) is 5.75 Å². The molecule has 0 aromatic heterocycles. The summed E-state index contributed by atoms with van der Waals surface area (Å²) in [5.74, 6) is 1.55. The second kappa shape index (κ2) is 9.81. The summed E-state index contributed by atoms with van der Waals surface area (Å²) >= 11 is 3.45. The molecule has 1 atom stereocenters. The zero-order valence-corrected chi connectivity index (χ0v) is 13.9. The molecule has 0 radical (unpaired) electrons. The molecule has 3 nitrogen and oxygen atoms in total. The molecule has 1 aromatic rings. The topological polar surface area (TPSA) is 38.3 Å². The van der Waals surface area contributed by atoms with Gasteiger partial charge >= 0.3 is 0 Å². The lowest BCUT2D eigenvalue weighted by atomic mass is 10.0. The number of amides is 1. The lowest BCUT2D eigenvalue weighted by Gasteiger charge is -2.14. The Morgan fingerprint density at radius 1 is 1.35 bits per heavy atom. The second-order valence-corrected chi connectivity index (χ2v) is 5.70. The highest BCUT2D eigenvalue weighted by molar-refractivity contribution is 9.09. The van der Waals surface area contributed by atoms with Crippen LogP contribution in [0.1, 0.15) is 31.7 Å². The summed E-state index contributed by atoms with van der Waals surface area (Å²) in [7, 11) is 1.65. The maximum Gasteiger partial charge on any atom is 0.220 e. The number of alkyl halides is 1. The maximum atomic E-state index is 11.8. The Balaban J connectivity index is 2.28. The van der Waals surface area contributed by atoms with Crippen molar-refractivity contribution in [1.82, 2.24) is 5.32 Å². The maximum absolute atomic E-state index is 11.8. The third-order valence-electron chi connectivity index (χ3n) is 3.48. The highest BCUT2D eigenvalue weighted by atomic mass is 79.9. The third-order valence-corrected chi connectivity index (χ3v) is 3.94. The van der Waals surface area contributed by atoms with Gasteiger partial charge in [-0.05, 0) is 36.5 Å². The molecule has 1 amide bonds. The number of hydrogen-bond acceptors (Lipinski definition) is 2. The minimum absolute atomic E-state index is 0.133. The van der Waals surface area contributed by atoms with E-state index in [0.717, 1.165) is 42.5 Å². The van der Waals surface area contributed by atoms with Gasteiger partial charge in [0.2, 0.25) is 5.91 Å². The number of nitrogens with one attached hydrogen (secondary N) is 1. The lowest BCUT2D eigenvalue weighted by Crippen LogP contribution is -2.29. The first-order valence-electron chi connectivity index (χ1n) is 7.15. The van der Waals surface area contributed by atoms with E-state index in [9.17, 15) is 4.79 Å². The highest BCUT2D eigenvalue weighted by Gasteiger charge is 2.08. The van der Waals surface area contributed by atoms with Gasteiger partial charge in [0, 0.05) is 18.3 Å². The quantitative estimate of drug-likeness (QED) is 0.697. The van der Waals surface area contributed by atoms with Gasteiger partial charge in [0.1, 0.15) is 5.75 Å². The van der Waals surface area contributed by atoms with Gasteiger partial charge in [0.25, 0.3) is 0 Å². The van der Waals surface area contributed by atoms with Gasteiger partial charge in [0.05, 0.1) is 7.11 Å². The van der Waals surface area contributed by atoms with E-state index in [1.165, 1.54) is 0 Å². The summed E-state index contributed by atoms with van der Waals surface area (Å²) in [5.41, 5.74) is 1.16. The smallest absolute Gasteiger partial charge is 0.220 e. The van der Waals surface area contributed by atoms with Crippen LogP contribution in [-0.2, 0) is 11.2 Å². The van der Waals surface area contributed by atoms with Gasteiger partial charge < -0.3 is 10.1 Å². The van der Waals surface area contributed by atoms with Crippen molar-refractivity contribution >= 4 is 21.8 Å². The molecule has 0 heterocycles. The molecule has 0 fully saturated rings. The van der Waals surface area contributed by atoms with Crippen molar-refractivity contribution in [1.29, 1.82) is 0 Å². The minimum Gasteiger partial charge on any atom is -0.497 e. The second-order valence-electron chi connectivity index (χ2n) is 4.90. The molecule has 0 saturated carbocycles. The molecule has 0 spiro atoms. The number of ether oxygens (including phenoxy) is 1. The van der Waals surface area contributed by atoms with Crippen LogP contribution in [0.15, 0.2) is 24.3 Å². The van der Waals surface area contributed by atoms with Crippen molar-refractivity contribution in [2.24, 2.45) is 5.92 Å². The number of carbonyl (C=O) groups excluding carboxylic acids is 1. The molecular formula is C16H24BrNO2. The largest absolute Gasteiger partial charge is 0.497 e. The highest BCUT2D eigenvalue weighted by Crippen LogP contribution is 2.13. The summed E-state index contributed by atoms with van der Waals surface area (Å²) in [6.45, 7) is 2.94. The van der Waals surface area contributed by atoms with Crippen LogP contribution in [0, 0.1) is 5.92 Å². The van der Waals surface area contributed by atoms with E-state index in [1.807, 2.05) is 24.3 Å². The van der Waals surface area contributed by atoms with Gasteiger partial charge in [-0.15, -0.1) is 0 Å². The fraction of sp³-hybridized carbons (Fsp3) is 0.562. The van der Waals surface area contributed by atoms with Gasteiger partial charge in [-0.2, -0.15) is 0 Å². The summed E-state index contributed by atoms with van der Waals surface area (Å²) in [4.78, 5) is 11.8. The number of carbonyl (C=O) groups is 1. The third kappa shape index (κ3) is 6.42. The average molecular weight is 342 g/mol.